The molecule has 1 aromatic rings. The molecule has 3 nitrogen and oxygen atoms in total. The third kappa shape index (κ3) is 2.79. The van der Waals surface area contributed by atoms with Crippen LogP contribution in [0.25, 0.3) is 0 Å². The van der Waals surface area contributed by atoms with Crippen molar-refractivity contribution >= 4 is 23.4 Å². The van der Waals surface area contributed by atoms with E-state index in [0.29, 0.717) is 16.8 Å². The normalized spacial score (nSPS) is 19.6. The first-order valence-electron chi connectivity index (χ1n) is 5.10. The zero-order valence-electron chi connectivity index (χ0n) is 8.97. The Balaban J connectivity index is 2.01. The van der Waals surface area contributed by atoms with Gasteiger partial charge in [-0.3, -0.25) is 4.79 Å². The maximum absolute atomic E-state index is 11.8. The number of ether oxygens (including phenoxy) is 1. The molecule has 0 saturated carbocycles. The molecule has 0 aromatic heterocycles. The van der Waals surface area contributed by atoms with Gasteiger partial charge in [-0.2, -0.15) is 0 Å². The Morgan fingerprint density at radius 1 is 1.44 bits per heavy atom. The largest absolute Gasteiger partial charge is 0.499 e. The fourth-order valence-corrected chi connectivity index (χ4v) is 2.22. The van der Waals surface area contributed by atoms with Crippen LogP contribution in [-0.4, -0.2) is 17.8 Å². The smallest absolute Gasteiger partial charge is 0.265 e. The first-order chi connectivity index (χ1) is 7.75. The second-order valence-corrected chi connectivity index (χ2v) is 5.04. The van der Waals surface area contributed by atoms with Crippen molar-refractivity contribution < 1.29 is 9.53 Å². The summed E-state index contributed by atoms with van der Waals surface area (Å²) in [6.45, 7) is 2.69. The van der Waals surface area contributed by atoms with Gasteiger partial charge in [-0.15, -0.1) is 11.8 Å². The number of nitrogens with one attached hydrogen (secondary N) is 1. The Morgan fingerprint density at radius 2 is 2.19 bits per heavy atom. The number of carbonyl (C=O) groups excluding carboxylic acids is 1. The average Bonchev–Trinajstić information content (AvgIpc) is 2.30. The number of benzene rings is 1. The van der Waals surface area contributed by atoms with Crippen molar-refractivity contribution in [3.8, 4) is 0 Å². The van der Waals surface area contributed by atoms with Crippen LogP contribution in [0.1, 0.15) is 6.92 Å². The van der Waals surface area contributed by atoms with Crippen LogP contribution in [0, 0.1) is 0 Å². The number of anilines is 1. The van der Waals surface area contributed by atoms with Crippen molar-refractivity contribution in [2.24, 2.45) is 0 Å². The molecular weight excluding hydrogens is 222 g/mol. The minimum Gasteiger partial charge on any atom is -0.499 e. The van der Waals surface area contributed by atoms with Crippen LogP contribution in [0.2, 0.25) is 0 Å². The Kier molecular flexibility index (Phi) is 3.51. The van der Waals surface area contributed by atoms with Gasteiger partial charge in [-0.25, -0.2) is 0 Å². The summed E-state index contributed by atoms with van der Waals surface area (Å²) >= 11 is 1.54. The summed E-state index contributed by atoms with van der Waals surface area (Å²) < 4.78 is 5.21. The molecule has 0 saturated heterocycles. The second kappa shape index (κ2) is 5.07. The molecule has 0 aliphatic carbocycles. The summed E-state index contributed by atoms with van der Waals surface area (Å²) in [7, 11) is 0. The van der Waals surface area contributed by atoms with Gasteiger partial charge in [0.25, 0.3) is 5.91 Å². The molecular formula is C12H13NO2S. The van der Waals surface area contributed by atoms with Crippen LogP contribution in [0.5, 0.6) is 0 Å². The number of para-hydroxylation sites is 1. The van der Waals surface area contributed by atoms with E-state index < -0.39 is 0 Å². The highest BCUT2D eigenvalue weighted by atomic mass is 32.2. The molecule has 1 heterocycles. The molecule has 1 atom stereocenters. The van der Waals surface area contributed by atoms with E-state index in [1.54, 1.807) is 0 Å². The molecule has 0 fully saturated rings. The SMILES string of the molecule is CC1COC=C(C(=O)Nc2ccccc2)S1. The third-order valence-electron chi connectivity index (χ3n) is 2.10. The summed E-state index contributed by atoms with van der Waals surface area (Å²) in [5.41, 5.74) is 0.798. The third-order valence-corrected chi connectivity index (χ3v) is 3.18. The average molecular weight is 235 g/mol. The van der Waals surface area contributed by atoms with Gasteiger partial charge < -0.3 is 10.1 Å². The molecule has 1 aliphatic rings. The molecule has 84 valence electrons. The Labute approximate surface area is 98.9 Å². The van der Waals surface area contributed by atoms with Crippen LogP contribution < -0.4 is 5.32 Å². The van der Waals surface area contributed by atoms with Gasteiger partial charge in [0.15, 0.2) is 0 Å². The monoisotopic (exact) mass is 235 g/mol. The number of thioether (sulfide) groups is 1. The number of amides is 1. The van der Waals surface area contributed by atoms with Crippen LogP contribution in [-0.2, 0) is 9.53 Å². The lowest BCUT2D eigenvalue weighted by molar-refractivity contribution is -0.112. The van der Waals surface area contributed by atoms with Crippen LogP contribution in [0.3, 0.4) is 0 Å². The van der Waals surface area contributed by atoms with Gasteiger partial charge in [0.1, 0.15) is 11.2 Å². The number of carbonyl (C=O) groups is 1. The van der Waals surface area contributed by atoms with Gasteiger partial charge in [0.2, 0.25) is 0 Å². The molecule has 1 amide bonds. The quantitative estimate of drug-likeness (QED) is 0.856. The molecule has 0 bridgehead atoms. The topological polar surface area (TPSA) is 38.3 Å². The summed E-state index contributed by atoms with van der Waals surface area (Å²) in [5.74, 6) is -0.109. The molecule has 1 aliphatic heterocycles. The molecule has 0 spiro atoms. The molecule has 2 rings (SSSR count). The van der Waals surface area contributed by atoms with E-state index in [1.165, 1.54) is 18.0 Å². The Morgan fingerprint density at radius 3 is 2.88 bits per heavy atom. The van der Waals surface area contributed by atoms with Gasteiger partial charge in [0.05, 0.1) is 6.61 Å². The van der Waals surface area contributed by atoms with E-state index in [1.807, 2.05) is 37.3 Å². The van der Waals surface area contributed by atoms with Gasteiger partial charge in [-0.05, 0) is 19.1 Å². The van der Waals surface area contributed by atoms with Gasteiger partial charge in [-0.1, -0.05) is 18.2 Å². The summed E-state index contributed by atoms with van der Waals surface area (Å²) in [6.07, 6.45) is 1.53. The second-order valence-electron chi connectivity index (χ2n) is 3.56. The maximum atomic E-state index is 11.8. The van der Waals surface area contributed by atoms with E-state index >= 15 is 0 Å². The van der Waals surface area contributed by atoms with E-state index in [4.69, 9.17) is 4.74 Å². The molecule has 1 aromatic carbocycles. The maximum Gasteiger partial charge on any atom is 0.265 e. The van der Waals surface area contributed by atoms with Crippen LogP contribution in [0.4, 0.5) is 5.69 Å². The fraction of sp³-hybridized carbons (Fsp3) is 0.250. The van der Waals surface area contributed by atoms with Crippen LogP contribution >= 0.6 is 11.8 Å². The highest BCUT2D eigenvalue weighted by Gasteiger charge is 2.18. The molecule has 1 N–H and O–H groups in total. The fourth-order valence-electron chi connectivity index (χ4n) is 1.36. The summed E-state index contributed by atoms with van der Waals surface area (Å²) in [5, 5.41) is 3.14. The van der Waals surface area contributed by atoms with Crippen molar-refractivity contribution in [3.63, 3.8) is 0 Å². The van der Waals surface area contributed by atoms with Crippen molar-refractivity contribution in [2.75, 3.05) is 11.9 Å². The van der Waals surface area contributed by atoms with Gasteiger partial charge in [0, 0.05) is 10.9 Å². The zero-order chi connectivity index (χ0) is 11.4. The van der Waals surface area contributed by atoms with Crippen molar-refractivity contribution in [1.29, 1.82) is 0 Å². The van der Waals surface area contributed by atoms with Crippen molar-refractivity contribution in [1.82, 2.24) is 0 Å². The van der Waals surface area contributed by atoms with E-state index in [-0.39, 0.29) is 5.91 Å². The Bertz CT molecular complexity index is 403. The van der Waals surface area contributed by atoms with Gasteiger partial charge >= 0.3 is 0 Å². The molecule has 0 radical (unpaired) electrons. The number of rotatable bonds is 2. The highest BCUT2D eigenvalue weighted by molar-refractivity contribution is 8.04. The van der Waals surface area contributed by atoms with E-state index in [0.717, 1.165) is 5.69 Å². The van der Waals surface area contributed by atoms with E-state index in [9.17, 15) is 4.79 Å². The predicted octanol–water partition coefficient (Wildman–Crippen LogP) is 2.62. The number of hydrogen-bond acceptors (Lipinski definition) is 3. The highest BCUT2D eigenvalue weighted by Crippen LogP contribution is 2.27. The molecule has 16 heavy (non-hydrogen) atoms. The summed E-state index contributed by atoms with van der Waals surface area (Å²) in [4.78, 5) is 12.5. The molecule has 1 unspecified atom stereocenters. The zero-order valence-corrected chi connectivity index (χ0v) is 9.79. The summed E-state index contributed by atoms with van der Waals surface area (Å²) in [6, 6.07) is 9.40. The number of hydrogen-bond donors (Lipinski definition) is 1. The van der Waals surface area contributed by atoms with Crippen LogP contribution in [0.15, 0.2) is 41.5 Å². The first-order valence-corrected chi connectivity index (χ1v) is 5.98. The Hall–Kier alpha value is -1.42. The first kappa shape index (κ1) is 11.1. The van der Waals surface area contributed by atoms with Crippen molar-refractivity contribution in [2.45, 2.75) is 12.2 Å². The van der Waals surface area contributed by atoms with E-state index in [2.05, 4.69) is 5.32 Å². The minimum absolute atomic E-state index is 0.109. The van der Waals surface area contributed by atoms with Crippen molar-refractivity contribution in [3.05, 3.63) is 41.5 Å². The predicted molar refractivity (Wildman–Crippen MR) is 66.2 cm³/mol. The lowest BCUT2D eigenvalue weighted by Crippen LogP contribution is -2.19. The standard InChI is InChI=1S/C12H13NO2S/c1-9-7-15-8-11(16-9)12(14)13-10-5-3-2-4-6-10/h2-6,8-9H,7H2,1H3,(H,13,14). The lowest BCUT2D eigenvalue weighted by Gasteiger charge is -2.18. The molecule has 4 heteroatoms. The minimum atomic E-state index is -0.109. The lowest BCUT2D eigenvalue weighted by atomic mass is 10.3.